The molecular weight excluding hydrogens is 226 g/mol. The fourth-order valence-corrected chi connectivity index (χ4v) is 2.57. The van der Waals surface area contributed by atoms with Crippen LogP contribution in [0.3, 0.4) is 0 Å². The zero-order chi connectivity index (χ0) is 12.4. The molecule has 0 fully saturated rings. The van der Waals surface area contributed by atoms with Gasteiger partial charge in [-0.25, -0.2) is 0 Å². The maximum Gasteiger partial charge on any atom is 0.223 e. The van der Waals surface area contributed by atoms with E-state index < -0.39 is 0 Å². The van der Waals surface area contributed by atoms with Gasteiger partial charge in [0.25, 0.3) is 0 Å². The summed E-state index contributed by atoms with van der Waals surface area (Å²) in [6.07, 6.45) is 3.18. The van der Waals surface area contributed by atoms with Crippen molar-refractivity contribution in [2.24, 2.45) is 0 Å². The highest BCUT2D eigenvalue weighted by Gasteiger charge is 2.20. The third kappa shape index (κ3) is 2.29. The third-order valence-electron chi connectivity index (χ3n) is 3.44. The van der Waals surface area contributed by atoms with Gasteiger partial charge in [-0.3, -0.25) is 0 Å². The zero-order valence-electron chi connectivity index (χ0n) is 10.5. The molecule has 0 aliphatic heterocycles. The van der Waals surface area contributed by atoms with E-state index in [0.29, 0.717) is 11.9 Å². The molecular formula is C14H17N3O. The van der Waals surface area contributed by atoms with Gasteiger partial charge in [-0.2, -0.15) is 4.98 Å². The summed E-state index contributed by atoms with van der Waals surface area (Å²) >= 11 is 0. The van der Waals surface area contributed by atoms with Crippen molar-refractivity contribution in [2.45, 2.75) is 32.2 Å². The molecule has 0 amide bonds. The molecule has 18 heavy (non-hydrogen) atoms. The van der Waals surface area contributed by atoms with Crippen LogP contribution in [0.2, 0.25) is 0 Å². The highest BCUT2D eigenvalue weighted by atomic mass is 16.5. The SMILES string of the molecule is Cc1nc(CCNC2CCc3ccccc32)no1. The molecule has 1 N–H and O–H groups in total. The van der Waals surface area contributed by atoms with Crippen LogP contribution in [0.15, 0.2) is 28.8 Å². The van der Waals surface area contributed by atoms with Gasteiger partial charge in [-0.05, 0) is 24.0 Å². The zero-order valence-corrected chi connectivity index (χ0v) is 10.5. The van der Waals surface area contributed by atoms with Gasteiger partial charge in [0.1, 0.15) is 0 Å². The van der Waals surface area contributed by atoms with E-state index in [1.54, 1.807) is 0 Å². The van der Waals surface area contributed by atoms with Crippen LogP contribution in [0.5, 0.6) is 0 Å². The van der Waals surface area contributed by atoms with Crippen molar-refractivity contribution in [1.82, 2.24) is 15.5 Å². The fourth-order valence-electron chi connectivity index (χ4n) is 2.57. The Bertz CT molecular complexity index is 535. The van der Waals surface area contributed by atoms with Gasteiger partial charge in [0.05, 0.1) is 0 Å². The van der Waals surface area contributed by atoms with Gasteiger partial charge < -0.3 is 9.84 Å². The van der Waals surface area contributed by atoms with Crippen LogP contribution in [0, 0.1) is 6.92 Å². The van der Waals surface area contributed by atoms with Crippen molar-refractivity contribution in [2.75, 3.05) is 6.54 Å². The minimum Gasteiger partial charge on any atom is -0.340 e. The number of nitrogens with one attached hydrogen (secondary N) is 1. The fraction of sp³-hybridized carbons (Fsp3) is 0.429. The molecule has 1 aromatic heterocycles. The van der Waals surface area contributed by atoms with Gasteiger partial charge in [-0.1, -0.05) is 29.4 Å². The second kappa shape index (κ2) is 4.90. The Labute approximate surface area is 106 Å². The molecule has 4 heteroatoms. The number of benzene rings is 1. The topological polar surface area (TPSA) is 51.0 Å². The molecule has 0 saturated heterocycles. The van der Waals surface area contributed by atoms with Crippen LogP contribution < -0.4 is 5.32 Å². The lowest BCUT2D eigenvalue weighted by Gasteiger charge is -2.12. The summed E-state index contributed by atoms with van der Waals surface area (Å²) < 4.78 is 4.95. The first-order chi connectivity index (χ1) is 8.83. The van der Waals surface area contributed by atoms with Gasteiger partial charge in [0.2, 0.25) is 5.89 Å². The van der Waals surface area contributed by atoms with E-state index >= 15 is 0 Å². The molecule has 1 aliphatic rings. The number of fused-ring (bicyclic) bond motifs is 1. The molecule has 2 aromatic rings. The Hall–Kier alpha value is -1.68. The van der Waals surface area contributed by atoms with E-state index in [4.69, 9.17) is 4.52 Å². The summed E-state index contributed by atoms with van der Waals surface area (Å²) in [6.45, 7) is 2.70. The molecule has 4 nitrogen and oxygen atoms in total. The Morgan fingerprint density at radius 1 is 1.39 bits per heavy atom. The smallest absolute Gasteiger partial charge is 0.223 e. The molecule has 1 heterocycles. The van der Waals surface area contributed by atoms with E-state index in [1.165, 1.54) is 24.0 Å². The first-order valence-corrected chi connectivity index (χ1v) is 6.43. The molecule has 0 saturated carbocycles. The molecule has 0 bridgehead atoms. The lowest BCUT2D eigenvalue weighted by molar-refractivity contribution is 0.386. The van der Waals surface area contributed by atoms with Crippen molar-refractivity contribution >= 4 is 0 Å². The summed E-state index contributed by atoms with van der Waals surface area (Å²) in [6, 6.07) is 9.15. The molecule has 1 unspecified atom stereocenters. The predicted molar refractivity (Wildman–Crippen MR) is 68.2 cm³/mol. The summed E-state index contributed by atoms with van der Waals surface area (Å²) in [5.41, 5.74) is 2.92. The second-order valence-corrected chi connectivity index (χ2v) is 4.72. The maximum atomic E-state index is 4.95. The maximum absolute atomic E-state index is 4.95. The molecule has 3 rings (SSSR count). The van der Waals surface area contributed by atoms with Gasteiger partial charge >= 0.3 is 0 Å². The predicted octanol–water partition coefficient (Wildman–Crippen LogP) is 2.20. The normalized spacial score (nSPS) is 17.9. The highest BCUT2D eigenvalue weighted by molar-refractivity contribution is 5.34. The molecule has 1 atom stereocenters. The number of hydrogen-bond acceptors (Lipinski definition) is 4. The van der Waals surface area contributed by atoms with Crippen LogP contribution in [0.4, 0.5) is 0 Å². The van der Waals surface area contributed by atoms with Crippen molar-refractivity contribution in [3.8, 4) is 0 Å². The van der Waals surface area contributed by atoms with E-state index in [9.17, 15) is 0 Å². The van der Waals surface area contributed by atoms with Crippen LogP contribution in [-0.2, 0) is 12.8 Å². The van der Waals surface area contributed by atoms with Crippen molar-refractivity contribution in [3.05, 3.63) is 47.1 Å². The molecule has 0 radical (unpaired) electrons. The number of aryl methyl sites for hydroxylation is 2. The van der Waals surface area contributed by atoms with Gasteiger partial charge in [0, 0.05) is 25.9 Å². The van der Waals surface area contributed by atoms with E-state index in [-0.39, 0.29) is 0 Å². The van der Waals surface area contributed by atoms with E-state index in [2.05, 4.69) is 39.7 Å². The van der Waals surface area contributed by atoms with Crippen LogP contribution >= 0.6 is 0 Å². The lowest BCUT2D eigenvalue weighted by Crippen LogP contribution is -2.22. The minimum absolute atomic E-state index is 0.481. The standard InChI is InChI=1S/C14H17N3O/c1-10-16-14(17-18-10)8-9-15-13-7-6-11-4-2-3-5-12(11)13/h2-5,13,15H,6-9H2,1H3. The average molecular weight is 243 g/mol. The Balaban J connectivity index is 1.56. The largest absolute Gasteiger partial charge is 0.340 e. The monoisotopic (exact) mass is 243 g/mol. The Morgan fingerprint density at radius 3 is 3.11 bits per heavy atom. The minimum atomic E-state index is 0.481. The highest BCUT2D eigenvalue weighted by Crippen LogP contribution is 2.30. The molecule has 1 aliphatic carbocycles. The summed E-state index contributed by atoms with van der Waals surface area (Å²) in [4.78, 5) is 4.20. The summed E-state index contributed by atoms with van der Waals surface area (Å²) in [7, 11) is 0. The Kier molecular flexibility index (Phi) is 3.11. The number of aromatic nitrogens is 2. The first kappa shape index (κ1) is 11.4. The van der Waals surface area contributed by atoms with E-state index in [1.807, 2.05) is 6.92 Å². The van der Waals surface area contributed by atoms with Gasteiger partial charge in [0.15, 0.2) is 5.82 Å². The van der Waals surface area contributed by atoms with Crippen LogP contribution in [0.1, 0.15) is 35.3 Å². The van der Waals surface area contributed by atoms with Crippen molar-refractivity contribution in [3.63, 3.8) is 0 Å². The lowest BCUT2D eigenvalue weighted by atomic mass is 10.1. The van der Waals surface area contributed by atoms with Crippen molar-refractivity contribution in [1.29, 1.82) is 0 Å². The van der Waals surface area contributed by atoms with Crippen LogP contribution in [0.25, 0.3) is 0 Å². The summed E-state index contributed by atoms with van der Waals surface area (Å²) in [5, 5.41) is 7.47. The number of rotatable bonds is 4. The third-order valence-corrected chi connectivity index (χ3v) is 3.44. The number of hydrogen-bond donors (Lipinski definition) is 1. The first-order valence-electron chi connectivity index (χ1n) is 6.43. The van der Waals surface area contributed by atoms with Crippen molar-refractivity contribution < 1.29 is 4.52 Å². The molecule has 0 spiro atoms. The average Bonchev–Trinajstić information content (AvgIpc) is 2.97. The van der Waals surface area contributed by atoms with E-state index in [0.717, 1.165) is 18.8 Å². The second-order valence-electron chi connectivity index (χ2n) is 4.72. The molecule has 1 aromatic carbocycles. The Morgan fingerprint density at radius 2 is 2.28 bits per heavy atom. The van der Waals surface area contributed by atoms with Gasteiger partial charge in [-0.15, -0.1) is 0 Å². The number of nitrogens with zero attached hydrogens (tertiary/aromatic N) is 2. The summed E-state index contributed by atoms with van der Waals surface area (Å²) in [5.74, 6) is 1.42. The molecule has 94 valence electrons. The quantitative estimate of drug-likeness (QED) is 0.894. The van der Waals surface area contributed by atoms with Crippen LogP contribution in [-0.4, -0.2) is 16.7 Å².